The Hall–Kier alpha value is -2.15. The van der Waals surface area contributed by atoms with Gasteiger partial charge >= 0.3 is 12.0 Å². The third kappa shape index (κ3) is 3.72. The van der Waals surface area contributed by atoms with Crippen LogP contribution in [0.2, 0.25) is 0 Å². The standard InChI is InChI=1S/C10H12FN3O3/c11-6-1-2-8(7(5-6)9(15)16)14-10(17)13-4-3-12/h1-2,5H,3-4,12H2,(H,15,16)(H2,13,14,17). The lowest BCUT2D eigenvalue weighted by Crippen LogP contribution is -2.33. The second kappa shape index (κ2) is 5.80. The maximum Gasteiger partial charge on any atom is 0.337 e. The lowest BCUT2D eigenvalue weighted by molar-refractivity contribution is 0.0697. The van der Waals surface area contributed by atoms with Crippen LogP contribution in [0.3, 0.4) is 0 Å². The van der Waals surface area contributed by atoms with Crippen molar-refractivity contribution in [3.63, 3.8) is 0 Å². The molecule has 6 nitrogen and oxygen atoms in total. The summed E-state index contributed by atoms with van der Waals surface area (Å²) in [4.78, 5) is 22.1. The van der Waals surface area contributed by atoms with Crippen LogP contribution in [-0.2, 0) is 0 Å². The van der Waals surface area contributed by atoms with Crippen molar-refractivity contribution in [2.45, 2.75) is 0 Å². The monoisotopic (exact) mass is 241 g/mol. The van der Waals surface area contributed by atoms with Crippen molar-refractivity contribution in [1.29, 1.82) is 0 Å². The Kier molecular flexibility index (Phi) is 4.41. The summed E-state index contributed by atoms with van der Waals surface area (Å²) in [5, 5.41) is 13.5. The smallest absolute Gasteiger partial charge is 0.337 e. The van der Waals surface area contributed by atoms with Crippen molar-refractivity contribution in [3.8, 4) is 0 Å². The van der Waals surface area contributed by atoms with Crippen molar-refractivity contribution < 1.29 is 19.1 Å². The largest absolute Gasteiger partial charge is 0.478 e. The summed E-state index contributed by atoms with van der Waals surface area (Å²) >= 11 is 0. The van der Waals surface area contributed by atoms with E-state index in [0.717, 1.165) is 12.1 Å². The number of carboxylic acids is 1. The van der Waals surface area contributed by atoms with Crippen LogP contribution in [0.15, 0.2) is 18.2 Å². The van der Waals surface area contributed by atoms with Crippen LogP contribution in [0.1, 0.15) is 10.4 Å². The highest BCUT2D eigenvalue weighted by Crippen LogP contribution is 2.16. The van der Waals surface area contributed by atoms with Crippen molar-refractivity contribution in [2.24, 2.45) is 5.73 Å². The minimum absolute atomic E-state index is 0.0217. The van der Waals surface area contributed by atoms with Crippen LogP contribution in [0.5, 0.6) is 0 Å². The Morgan fingerprint density at radius 3 is 2.71 bits per heavy atom. The number of benzene rings is 1. The number of amides is 2. The second-order valence-electron chi connectivity index (χ2n) is 3.16. The quantitative estimate of drug-likeness (QED) is 0.619. The molecule has 17 heavy (non-hydrogen) atoms. The molecule has 0 heterocycles. The first-order chi connectivity index (χ1) is 8.04. The maximum atomic E-state index is 12.8. The Labute approximate surface area is 96.6 Å². The molecule has 0 aliphatic heterocycles. The fourth-order valence-corrected chi connectivity index (χ4v) is 1.15. The number of urea groups is 1. The van der Waals surface area contributed by atoms with Crippen LogP contribution in [0.4, 0.5) is 14.9 Å². The van der Waals surface area contributed by atoms with E-state index in [-0.39, 0.29) is 24.3 Å². The van der Waals surface area contributed by atoms with Gasteiger partial charge in [-0.25, -0.2) is 14.0 Å². The van der Waals surface area contributed by atoms with Crippen LogP contribution >= 0.6 is 0 Å². The molecule has 0 radical (unpaired) electrons. The van der Waals surface area contributed by atoms with Gasteiger partial charge < -0.3 is 21.5 Å². The molecule has 7 heteroatoms. The van der Waals surface area contributed by atoms with Gasteiger partial charge in [0, 0.05) is 13.1 Å². The Balaban J connectivity index is 2.83. The number of rotatable bonds is 4. The molecule has 1 aromatic carbocycles. The lowest BCUT2D eigenvalue weighted by Gasteiger charge is -2.09. The molecule has 0 spiro atoms. The predicted octanol–water partition coefficient (Wildman–Crippen LogP) is 0.604. The number of hydrogen-bond donors (Lipinski definition) is 4. The molecule has 0 aliphatic rings. The number of nitrogens with one attached hydrogen (secondary N) is 2. The molecule has 1 rings (SSSR count). The fraction of sp³-hybridized carbons (Fsp3) is 0.200. The third-order valence-corrected chi connectivity index (χ3v) is 1.89. The number of anilines is 1. The summed E-state index contributed by atoms with van der Waals surface area (Å²) in [5.74, 6) is -2.01. The van der Waals surface area contributed by atoms with Gasteiger partial charge in [0.2, 0.25) is 0 Å². The van der Waals surface area contributed by atoms with Gasteiger partial charge in [-0.1, -0.05) is 0 Å². The van der Waals surface area contributed by atoms with E-state index in [0.29, 0.717) is 0 Å². The average molecular weight is 241 g/mol. The highest BCUT2D eigenvalue weighted by molar-refractivity contribution is 5.99. The highest BCUT2D eigenvalue weighted by Gasteiger charge is 2.13. The molecule has 2 amide bonds. The van der Waals surface area contributed by atoms with Gasteiger partial charge in [-0.05, 0) is 18.2 Å². The summed E-state index contributed by atoms with van der Waals surface area (Å²) in [6, 6.07) is 2.48. The van der Waals surface area contributed by atoms with Crippen molar-refractivity contribution in [2.75, 3.05) is 18.4 Å². The number of carbonyl (C=O) groups is 2. The van der Waals surface area contributed by atoms with E-state index < -0.39 is 17.8 Å². The third-order valence-electron chi connectivity index (χ3n) is 1.89. The molecule has 92 valence electrons. The molecule has 0 atom stereocenters. The molecule has 0 unspecified atom stereocenters. The minimum atomic E-state index is -1.32. The van der Waals surface area contributed by atoms with Gasteiger partial charge in [0.05, 0.1) is 11.3 Å². The minimum Gasteiger partial charge on any atom is -0.478 e. The molecule has 0 saturated carbocycles. The second-order valence-corrected chi connectivity index (χ2v) is 3.16. The molecular weight excluding hydrogens is 229 g/mol. The van der Waals surface area contributed by atoms with Crippen molar-refractivity contribution in [1.82, 2.24) is 5.32 Å². The van der Waals surface area contributed by atoms with Crippen LogP contribution in [0.25, 0.3) is 0 Å². The fourth-order valence-electron chi connectivity index (χ4n) is 1.15. The molecule has 1 aromatic rings. The Bertz CT molecular complexity index is 437. The first-order valence-corrected chi connectivity index (χ1v) is 4.82. The molecule has 0 aliphatic carbocycles. The van der Waals surface area contributed by atoms with Gasteiger partial charge in [0.15, 0.2) is 0 Å². The van der Waals surface area contributed by atoms with Gasteiger partial charge in [0.1, 0.15) is 5.82 Å². The van der Waals surface area contributed by atoms with Crippen molar-refractivity contribution >= 4 is 17.7 Å². The zero-order chi connectivity index (χ0) is 12.8. The summed E-state index contributed by atoms with van der Waals surface area (Å²) in [7, 11) is 0. The van der Waals surface area contributed by atoms with Crippen LogP contribution in [-0.4, -0.2) is 30.2 Å². The maximum absolute atomic E-state index is 12.8. The highest BCUT2D eigenvalue weighted by atomic mass is 19.1. The molecule has 0 saturated heterocycles. The van der Waals surface area contributed by atoms with E-state index in [2.05, 4.69) is 10.6 Å². The Morgan fingerprint density at radius 2 is 2.12 bits per heavy atom. The van der Waals surface area contributed by atoms with E-state index >= 15 is 0 Å². The van der Waals surface area contributed by atoms with Gasteiger partial charge in [-0.2, -0.15) is 0 Å². The summed E-state index contributed by atoms with van der Waals surface area (Å²) < 4.78 is 12.8. The number of carbonyl (C=O) groups excluding carboxylic acids is 1. The molecule has 0 aromatic heterocycles. The van der Waals surface area contributed by atoms with E-state index in [9.17, 15) is 14.0 Å². The summed E-state index contributed by atoms with van der Waals surface area (Å²) in [6.45, 7) is 0.526. The average Bonchev–Trinajstić information content (AvgIpc) is 2.28. The summed E-state index contributed by atoms with van der Waals surface area (Å²) in [5.41, 5.74) is 4.89. The van der Waals surface area contributed by atoms with Crippen LogP contribution in [0, 0.1) is 5.82 Å². The van der Waals surface area contributed by atoms with E-state index in [4.69, 9.17) is 10.8 Å². The molecule has 0 fully saturated rings. The van der Waals surface area contributed by atoms with Crippen molar-refractivity contribution in [3.05, 3.63) is 29.6 Å². The first-order valence-electron chi connectivity index (χ1n) is 4.82. The molecular formula is C10H12FN3O3. The molecule has 5 N–H and O–H groups in total. The van der Waals surface area contributed by atoms with E-state index in [1.54, 1.807) is 0 Å². The summed E-state index contributed by atoms with van der Waals surface area (Å²) in [6.07, 6.45) is 0. The van der Waals surface area contributed by atoms with Gasteiger partial charge in [0.25, 0.3) is 0 Å². The normalized spacial score (nSPS) is 9.76. The first kappa shape index (κ1) is 12.9. The SMILES string of the molecule is NCCNC(=O)Nc1ccc(F)cc1C(=O)O. The predicted molar refractivity (Wildman–Crippen MR) is 59.4 cm³/mol. The molecule has 0 bridgehead atoms. The zero-order valence-electron chi connectivity index (χ0n) is 8.87. The number of hydrogen-bond acceptors (Lipinski definition) is 3. The number of halogens is 1. The zero-order valence-corrected chi connectivity index (χ0v) is 8.87. The topological polar surface area (TPSA) is 104 Å². The van der Waals surface area contributed by atoms with Crippen LogP contribution < -0.4 is 16.4 Å². The van der Waals surface area contributed by atoms with E-state index in [1.807, 2.05) is 0 Å². The lowest BCUT2D eigenvalue weighted by atomic mass is 10.2. The Morgan fingerprint density at radius 1 is 1.41 bits per heavy atom. The number of nitrogens with two attached hydrogens (primary N) is 1. The van der Waals surface area contributed by atoms with Gasteiger partial charge in [-0.15, -0.1) is 0 Å². The number of carboxylic acid groups (broad SMARTS) is 1. The van der Waals surface area contributed by atoms with Gasteiger partial charge in [-0.3, -0.25) is 0 Å². The number of aromatic carboxylic acids is 1. The van der Waals surface area contributed by atoms with E-state index in [1.165, 1.54) is 6.07 Å².